The van der Waals surface area contributed by atoms with Crippen LogP contribution in [0.5, 0.6) is 5.75 Å². The van der Waals surface area contributed by atoms with Crippen LogP contribution in [-0.4, -0.2) is 24.2 Å². The molecule has 0 atom stereocenters. The number of hydrogen-bond donors (Lipinski definition) is 3. The van der Waals surface area contributed by atoms with E-state index in [1.165, 1.54) is 0 Å². The predicted octanol–water partition coefficient (Wildman–Crippen LogP) is 1.73. The van der Waals surface area contributed by atoms with Gasteiger partial charge in [0.1, 0.15) is 5.75 Å². The molecule has 0 heterocycles. The molecular formula is C15H17N3O2S. The van der Waals surface area contributed by atoms with Gasteiger partial charge in [-0.05, 0) is 30.6 Å². The molecule has 0 spiro atoms. The lowest BCUT2D eigenvalue weighted by Crippen LogP contribution is -2.48. The van der Waals surface area contributed by atoms with Gasteiger partial charge >= 0.3 is 0 Å². The first-order valence-electron chi connectivity index (χ1n) is 6.64. The third kappa shape index (κ3) is 4.32. The highest BCUT2D eigenvalue weighted by Gasteiger charge is 2.05. The molecule has 0 fully saturated rings. The van der Waals surface area contributed by atoms with E-state index in [0.29, 0.717) is 17.4 Å². The number of rotatable bonds is 4. The zero-order valence-electron chi connectivity index (χ0n) is 11.7. The maximum absolute atomic E-state index is 11.7. The van der Waals surface area contributed by atoms with E-state index >= 15 is 0 Å². The van der Waals surface area contributed by atoms with Crippen LogP contribution in [0, 0.1) is 0 Å². The van der Waals surface area contributed by atoms with E-state index in [9.17, 15) is 4.79 Å². The smallest absolute Gasteiger partial charge is 0.276 e. The third-order valence-corrected chi connectivity index (χ3v) is 3.01. The second-order valence-corrected chi connectivity index (χ2v) is 4.71. The van der Waals surface area contributed by atoms with Crippen LogP contribution in [0.25, 0.3) is 10.8 Å². The van der Waals surface area contributed by atoms with E-state index in [-0.39, 0.29) is 12.5 Å². The van der Waals surface area contributed by atoms with Crippen molar-refractivity contribution in [1.82, 2.24) is 16.2 Å². The minimum atomic E-state index is -0.303. The fraction of sp³-hybridized carbons (Fsp3) is 0.200. The van der Waals surface area contributed by atoms with Gasteiger partial charge in [0.15, 0.2) is 11.7 Å². The van der Waals surface area contributed by atoms with Gasteiger partial charge in [-0.25, -0.2) is 0 Å². The van der Waals surface area contributed by atoms with E-state index in [1.807, 2.05) is 49.4 Å². The van der Waals surface area contributed by atoms with Crippen molar-refractivity contribution in [3.63, 3.8) is 0 Å². The summed E-state index contributed by atoms with van der Waals surface area (Å²) < 4.78 is 5.56. The molecule has 21 heavy (non-hydrogen) atoms. The monoisotopic (exact) mass is 303 g/mol. The van der Waals surface area contributed by atoms with E-state index in [2.05, 4.69) is 16.2 Å². The normalized spacial score (nSPS) is 9.95. The van der Waals surface area contributed by atoms with E-state index in [4.69, 9.17) is 17.0 Å². The van der Waals surface area contributed by atoms with E-state index < -0.39 is 0 Å². The predicted molar refractivity (Wildman–Crippen MR) is 87.0 cm³/mol. The van der Waals surface area contributed by atoms with Gasteiger partial charge in [-0.3, -0.25) is 15.6 Å². The Labute approximate surface area is 128 Å². The number of fused-ring (bicyclic) bond motifs is 1. The Morgan fingerprint density at radius 1 is 1.14 bits per heavy atom. The van der Waals surface area contributed by atoms with Crippen molar-refractivity contribution in [3.05, 3.63) is 42.5 Å². The second-order valence-electron chi connectivity index (χ2n) is 4.30. The summed E-state index contributed by atoms with van der Waals surface area (Å²) in [6, 6.07) is 13.6. The van der Waals surface area contributed by atoms with Crippen molar-refractivity contribution in [3.8, 4) is 5.75 Å². The largest absolute Gasteiger partial charge is 0.483 e. The van der Waals surface area contributed by atoms with Gasteiger partial charge in [-0.2, -0.15) is 0 Å². The maximum Gasteiger partial charge on any atom is 0.276 e. The van der Waals surface area contributed by atoms with Crippen LogP contribution in [0.3, 0.4) is 0 Å². The Hall–Kier alpha value is -2.34. The topological polar surface area (TPSA) is 62.4 Å². The molecule has 0 radical (unpaired) electrons. The fourth-order valence-electron chi connectivity index (χ4n) is 1.83. The van der Waals surface area contributed by atoms with Gasteiger partial charge in [0.2, 0.25) is 0 Å². The van der Waals surface area contributed by atoms with Crippen molar-refractivity contribution >= 4 is 34.0 Å². The Balaban J connectivity index is 1.90. The van der Waals surface area contributed by atoms with Gasteiger partial charge < -0.3 is 10.1 Å². The lowest BCUT2D eigenvalue weighted by Gasteiger charge is -2.12. The molecule has 2 aromatic carbocycles. The van der Waals surface area contributed by atoms with Crippen LogP contribution in [0.15, 0.2) is 42.5 Å². The molecule has 0 saturated heterocycles. The number of hydrogen-bond acceptors (Lipinski definition) is 3. The van der Waals surface area contributed by atoms with Crippen molar-refractivity contribution < 1.29 is 9.53 Å². The molecule has 0 aliphatic rings. The van der Waals surface area contributed by atoms with Crippen LogP contribution in [0.4, 0.5) is 0 Å². The Morgan fingerprint density at radius 3 is 2.71 bits per heavy atom. The molecule has 6 heteroatoms. The quantitative estimate of drug-likeness (QED) is 0.593. The molecule has 2 rings (SSSR count). The Bertz CT molecular complexity index is 640. The van der Waals surface area contributed by atoms with E-state index in [0.717, 1.165) is 10.8 Å². The van der Waals surface area contributed by atoms with Crippen LogP contribution in [0.1, 0.15) is 6.92 Å². The zero-order chi connectivity index (χ0) is 15.1. The highest BCUT2D eigenvalue weighted by atomic mass is 32.1. The standard InChI is InChI=1S/C15H17N3O2S/c1-2-16-15(21)18-17-14(19)10-20-13-9-5-7-11-6-3-4-8-12(11)13/h3-9H,2,10H2,1H3,(H,17,19)(H2,16,18,21). The summed E-state index contributed by atoms with van der Waals surface area (Å²) in [6.07, 6.45) is 0. The lowest BCUT2D eigenvalue weighted by atomic mass is 10.1. The Kier molecular flexibility index (Phi) is 5.34. The molecule has 0 aliphatic heterocycles. The first-order valence-corrected chi connectivity index (χ1v) is 7.04. The van der Waals surface area contributed by atoms with Crippen LogP contribution in [-0.2, 0) is 4.79 Å². The van der Waals surface area contributed by atoms with Crippen molar-refractivity contribution in [2.75, 3.05) is 13.2 Å². The average Bonchev–Trinajstić information content (AvgIpc) is 2.51. The molecule has 1 amide bonds. The molecule has 0 bridgehead atoms. The van der Waals surface area contributed by atoms with Crippen molar-refractivity contribution in [2.45, 2.75) is 6.92 Å². The third-order valence-electron chi connectivity index (χ3n) is 2.76. The van der Waals surface area contributed by atoms with Gasteiger partial charge in [0.05, 0.1) is 0 Å². The van der Waals surface area contributed by atoms with Crippen LogP contribution in [0.2, 0.25) is 0 Å². The minimum Gasteiger partial charge on any atom is -0.483 e. The zero-order valence-corrected chi connectivity index (χ0v) is 12.5. The molecule has 110 valence electrons. The van der Waals surface area contributed by atoms with E-state index in [1.54, 1.807) is 0 Å². The number of ether oxygens (including phenoxy) is 1. The highest BCUT2D eigenvalue weighted by molar-refractivity contribution is 7.80. The first kappa shape index (κ1) is 15.1. The molecule has 0 saturated carbocycles. The second kappa shape index (κ2) is 7.44. The molecule has 0 unspecified atom stereocenters. The first-order chi connectivity index (χ1) is 10.2. The number of nitrogens with one attached hydrogen (secondary N) is 3. The molecule has 3 N–H and O–H groups in total. The van der Waals surface area contributed by atoms with Gasteiger partial charge in [0.25, 0.3) is 5.91 Å². The average molecular weight is 303 g/mol. The lowest BCUT2D eigenvalue weighted by molar-refractivity contribution is -0.123. The SMILES string of the molecule is CCNC(=S)NNC(=O)COc1cccc2ccccc12. The summed E-state index contributed by atoms with van der Waals surface area (Å²) in [6.45, 7) is 2.52. The number of amides is 1. The number of thiocarbonyl (C=S) groups is 1. The number of benzene rings is 2. The summed E-state index contributed by atoms with van der Waals surface area (Å²) in [5, 5.41) is 5.28. The summed E-state index contributed by atoms with van der Waals surface area (Å²) in [7, 11) is 0. The summed E-state index contributed by atoms with van der Waals surface area (Å²) in [5.41, 5.74) is 5.07. The van der Waals surface area contributed by atoms with Gasteiger partial charge in [-0.15, -0.1) is 0 Å². The van der Waals surface area contributed by atoms with Crippen molar-refractivity contribution in [2.24, 2.45) is 0 Å². The molecule has 5 nitrogen and oxygen atoms in total. The maximum atomic E-state index is 11.7. The van der Waals surface area contributed by atoms with Gasteiger partial charge in [-0.1, -0.05) is 36.4 Å². The molecule has 0 aromatic heterocycles. The number of hydrazine groups is 1. The minimum absolute atomic E-state index is 0.0876. The summed E-state index contributed by atoms with van der Waals surface area (Å²) in [5.74, 6) is 0.376. The summed E-state index contributed by atoms with van der Waals surface area (Å²) >= 11 is 4.93. The van der Waals surface area contributed by atoms with Gasteiger partial charge in [0, 0.05) is 11.9 Å². The van der Waals surface area contributed by atoms with Crippen LogP contribution < -0.4 is 20.9 Å². The summed E-state index contributed by atoms with van der Waals surface area (Å²) in [4.78, 5) is 11.7. The molecule has 2 aromatic rings. The highest BCUT2D eigenvalue weighted by Crippen LogP contribution is 2.24. The van der Waals surface area contributed by atoms with Crippen molar-refractivity contribution in [1.29, 1.82) is 0 Å². The fourth-order valence-corrected chi connectivity index (χ4v) is 2.03. The number of carbonyl (C=O) groups is 1. The van der Waals surface area contributed by atoms with Crippen LogP contribution >= 0.6 is 12.2 Å². The molecular weight excluding hydrogens is 286 g/mol. The molecule has 0 aliphatic carbocycles. The number of carbonyl (C=O) groups excluding carboxylic acids is 1. The Morgan fingerprint density at radius 2 is 1.90 bits per heavy atom.